The molecule has 0 aliphatic rings. The van der Waals surface area contributed by atoms with E-state index in [4.69, 9.17) is 4.74 Å². The molecule has 0 unspecified atom stereocenters. The summed E-state index contributed by atoms with van der Waals surface area (Å²) >= 11 is 0. The second-order valence-electron chi connectivity index (χ2n) is 5.08. The number of hydrogen-bond acceptors (Lipinski definition) is 5. The van der Waals surface area contributed by atoms with Gasteiger partial charge in [0.1, 0.15) is 6.54 Å². The number of esters is 1. The monoisotopic (exact) mass is 342 g/mol. The van der Waals surface area contributed by atoms with Crippen molar-refractivity contribution in [3.05, 3.63) is 29.8 Å². The summed E-state index contributed by atoms with van der Waals surface area (Å²) in [5.74, 6) is -1.20. The zero-order valence-corrected chi connectivity index (χ0v) is 14.4. The highest BCUT2D eigenvalue weighted by Crippen LogP contribution is 2.14. The lowest BCUT2D eigenvalue weighted by Gasteiger charge is -2.16. The first-order chi connectivity index (χ1) is 10.8. The molecule has 0 heterocycles. The van der Waals surface area contributed by atoms with Crippen LogP contribution in [0.2, 0.25) is 0 Å². The van der Waals surface area contributed by atoms with Gasteiger partial charge in [0.2, 0.25) is 10.0 Å². The average Bonchev–Trinajstić information content (AvgIpc) is 2.51. The summed E-state index contributed by atoms with van der Waals surface area (Å²) in [7, 11) is -2.49. The lowest BCUT2D eigenvalue weighted by molar-refractivity contribution is -0.148. The van der Waals surface area contributed by atoms with E-state index in [0.717, 1.165) is 16.3 Å². The van der Waals surface area contributed by atoms with E-state index in [1.807, 2.05) is 13.8 Å². The number of sulfonamides is 1. The molecule has 0 fully saturated rings. The Morgan fingerprint density at radius 2 is 1.83 bits per heavy atom. The van der Waals surface area contributed by atoms with Gasteiger partial charge in [-0.1, -0.05) is 24.6 Å². The Balaban J connectivity index is 2.57. The topological polar surface area (TPSA) is 92.8 Å². The van der Waals surface area contributed by atoms with Gasteiger partial charge in [0, 0.05) is 13.6 Å². The van der Waals surface area contributed by atoms with Gasteiger partial charge in [0.05, 0.1) is 4.90 Å². The van der Waals surface area contributed by atoms with E-state index in [1.54, 1.807) is 12.1 Å². The van der Waals surface area contributed by atoms with Crippen LogP contribution in [0.3, 0.4) is 0 Å². The molecule has 0 aliphatic carbocycles. The van der Waals surface area contributed by atoms with E-state index in [2.05, 4.69) is 5.32 Å². The summed E-state index contributed by atoms with van der Waals surface area (Å²) in [6, 6.07) is 6.31. The first-order valence-electron chi connectivity index (χ1n) is 7.22. The number of benzene rings is 1. The fraction of sp³-hybridized carbons (Fsp3) is 0.467. The molecule has 0 aliphatic heterocycles. The number of carbonyl (C=O) groups is 2. The maximum atomic E-state index is 12.3. The highest BCUT2D eigenvalue weighted by Gasteiger charge is 2.23. The molecule has 0 saturated carbocycles. The Morgan fingerprint density at radius 1 is 1.22 bits per heavy atom. The van der Waals surface area contributed by atoms with Crippen LogP contribution in [0.5, 0.6) is 0 Å². The van der Waals surface area contributed by atoms with Gasteiger partial charge in [0.15, 0.2) is 6.61 Å². The van der Waals surface area contributed by atoms with Crippen LogP contribution in [0.1, 0.15) is 18.9 Å². The van der Waals surface area contributed by atoms with Crippen molar-refractivity contribution in [1.29, 1.82) is 0 Å². The molecular weight excluding hydrogens is 320 g/mol. The molecule has 1 aromatic rings. The van der Waals surface area contributed by atoms with Crippen molar-refractivity contribution in [1.82, 2.24) is 9.62 Å². The summed E-state index contributed by atoms with van der Waals surface area (Å²) in [6.45, 7) is 3.37. The maximum absolute atomic E-state index is 12.3. The molecule has 0 atom stereocenters. The molecule has 0 saturated heterocycles. The molecule has 1 amide bonds. The molecule has 0 bridgehead atoms. The van der Waals surface area contributed by atoms with Gasteiger partial charge < -0.3 is 10.1 Å². The predicted octanol–water partition coefficient (Wildman–Crippen LogP) is 0.685. The van der Waals surface area contributed by atoms with Crippen LogP contribution in [-0.4, -0.2) is 51.3 Å². The van der Waals surface area contributed by atoms with Crippen molar-refractivity contribution in [2.75, 3.05) is 26.7 Å². The standard InChI is InChI=1S/C15H22N2O5S/c1-4-9-16-14(18)11-22-15(19)10-17(3)23(20,21)13-7-5-12(2)6-8-13/h5-8H,4,9-11H2,1-3H3,(H,16,18). The molecule has 23 heavy (non-hydrogen) atoms. The quantitative estimate of drug-likeness (QED) is 0.702. The van der Waals surface area contributed by atoms with Crippen LogP contribution in [0.25, 0.3) is 0 Å². The molecule has 7 nitrogen and oxygen atoms in total. The minimum absolute atomic E-state index is 0.0964. The summed E-state index contributed by atoms with van der Waals surface area (Å²) in [4.78, 5) is 23.1. The van der Waals surface area contributed by atoms with E-state index in [9.17, 15) is 18.0 Å². The molecule has 8 heteroatoms. The minimum atomic E-state index is -3.77. The number of amides is 1. The van der Waals surface area contributed by atoms with E-state index in [0.29, 0.717) is 6.54 Å². The summed E-state index contributed by atoms with van der Waals surface area (Å²) in [6.07, 6.45) is 0.775. The second kappa shape index (κ2) is 8.64. The summed E-state index contributed by atoms with van der Waals surface area (Å²) in [5, 5.41) is 2.55. The van der Waals surface area contributed by atoms with Crippen molar-refractivity contribution < 1.29 is 22.7 Å². The van der Waals surface area contributed by atoms with E-state index < -0.39 is 35.1 Å². The third kappa shape index (κ3) is 5.99. The molecule has 1 rings (SSSR count). The van der Waals surface area contributed by atoms with E-state index in [1.165, 1.54) is 19.2 Å². The van der Waals surface area contributed by atoms with Gasteiger partial charge in [-0.3, -0.25) is 9.59 Å². The van der Waals surface area contributed by atoms with Crippen molar-refractivity contribution in [2.24, 2.45) is 0 Å². The number of carbonyl (C=O) groups excluding carboxylic acids is 2. The number of aryl methyl sites for hydroxylation is 1. The van der Waals surface area contributed by atoms with Crippen LogP contribution < -0.4 is 5.32 Å². The van der Waals surface area contributed by atoms with Gasteiger partial charge in [-0.2, -0.15) is 4.31 Å². The lowest BCUT2D eigenvalue weighted by atomic mass is 10.2. The Labute approximate surface area is 136 Å². The molecule has 128 valence electrons. The number of rotatable bonds is 8. The lowest BCUT2D eigenvalue weighted by Crippen LogP contribution is -2.35. The van der Waals surface area contributed by atoms with Crippen LogP contribution in [0, 0.1) is 6.92 Å². The predicted molar refractivity (Wildman–Crippen MR) is 85.3 cm³/mol. The van der Waals surface area contributed by atoms with Crippen LogP contribution in [-0.2, 0) is 24.3 Å². The zero-order valence-electron chi connectivity index (χ0n) is 13.5. The fourth-order valence-corrected chi connectivity index (χ4v) is 2.78. The highest BCUT2D eigenvalue weighted by molar-refractivity contribution is 7.89. The van der Waals surface area contributed by atoms with E-state index in [-0.39, 0.29) is 4.90 Å². The minimum Gasteiger partial charge on any atom is -0.455 e. The Hall–Kier alpha value is -1.93. The number of hydrogen-bond donors (Lipinski definition) is 1. The van der Waals surface area contributed by atoms with Gasteiger partial charge in [-0.05, 0) is 25.5 Å². The van der Waals surface area contributed by atoms with Gasteiger partial charge in [0.25, 0.3) is 5.91 Å². The van der Waals surface area contributed by atoms with Crippen LogP contribution in [0.4, 0.5) is 0 Å². The molecule has 0 spiro atoms. The Bertz CT molecular complexity index is 640. The van der Waals surface area contributed by atoms with Crippen molar-refractivity contribution in [2.45, 2.75) is 25.2 Å². The number of likely N-dealkylation sites (N-methyl/N-ethyl adjacent to an activating group) is 1. The Morgan fingerprint density at radius 3 is 2.39 bits per heavy atom. The largest absolute Gasteiger partial charge is 0.455 e. The third-order valence-corrected chi connectivity index (χ3v) is 4.83. The normalized spacial score (nSPS) is 11.3. The van der Waals surface area contributed by atoms with Crippen molar-refractivity contribution in [3.8, 4) is 0 Å². The smallest absolute Gasteiger partial charge is 0.321 e. The number of nitrogens with one attached hydrogen (secondary N) is 1. The Kier molecular flexibility index (Phi) is 7.18. The SMILES string of the molecule is CCCNC(=O)COC(=O)CN(C)S(=O)(=O)c1ccc(C)cc1. The van der Waals surface area contributed by atoms with Crippen LogP contribution in [0.15, 0.2) is 29.2 Å². The second-order valence-corrected chi connectivity index (χ2v) is 7.13. The van der Waals surface area contributed by atoms with E-state index >= 15 is 0 Å². The summed E-state index contributed by atoms with van der Waals surface area (Å²) < 4.78 is 30.3. The molecule has 1 N–H and O–H groups in total. The fourth-order valence-electron chi connectivity index (χ4n) is 1.66. The molecule has 0 radical (unpaired) electrons. The average molecular weight is 342 g/mol. The van der Waals surface area contributed by atoms with Crippen molar-refractivity contribution >= 4 is 21.9 Å². The zero-order chi connectivity index (χ0) is 17.5. The van der Waals surface area contributed by atoms with Gasteiger partial charge in [-0.25, -0.2) is 8.42 Å². The molecular formula is C15H22N2O5S. The van der Waals surface area contributed by atoms with Gasteiger partial charge in [-0.15, -0.1) is 0 Å². The summed E-state index contributed by atoms with van der Waals surface area (Å²) in [5.41, 5.74) is 0.934. The first-order valence-corrected chi connectivity index (χ1v) is 8.66. The molecule has 1 aromatic carbocycles. The number of nitrogens with zero attached hydrogens (tertiary/aromatic N) is 1. The third-order valence-electron chi connectivity index (χ3n) is 3.02. The highest BCUT2D eigenvalue weighted by atomic mass is 32.2. The first kappa shape index (κ1) is 19.1. The van der Waals surface area contributed by atoms with Gasteiger partial charge >= 0.3 is 5.97 Å². The molecule has 0 aromatic heterocycles. The van der Waals surface area contributed by atoms with Crippen LogP contribution >= 0.6 is 0 Å². The maximum Gasteiger partial charge on any atom is 0.321 e. The van der Waals surface area contributed by atoms with Crippen molar-refractivity contribution in [3.63, 3.8) is 0 Å². The number of ether oxygens (including phenoxy) is 1.